The highest BCUT2D eigenvalue weighted by atomic mass is 32.2. The number of aromatic nitrogens is 2. The van der Waals surface area contributed by atoms with Crippen LogP contribution in [-0.2, 0) is 30.0 Å². The zero-order valence-electron chi connectivity index (χ0n) is 11.2. The number of aryl methyl sites for hydroxylation is 1. The van der Waals surface area contributed by atoms with E-state index in [4.69, 9.17) is 0 Å². The summed E-state index contributed by atoms with van der Waals surface area (Å²) >= 11 is 1.15. The lowest BCUT2D eigenvalue weighted by molar-refractivity contribution is 0.0683. The summed E-state index contributed by atoms with van der Waals surface area (Å²) in [6, 6.07) is 3.23. The van der Waals surface area contributed by atoms with E-state index in [9.17, 15) is 18.3 Å². The Labute approximate surface area is 125 Å². The van der Waals surface area contributed by atoms with Gasteiger partial charge in [-0.25, -0.2) is 13.2 Å². The Bertz CT molecular complexity index is 793. The van der Waals surface area contributed by atoms with Gasteiger partial charge in [0.25, 0.3) is 10.0 Å². The van der Waals surface area contributed by atoms with E-state index in [1.54, 1.807) is 24.6 Å². The van der Waals surface area contributed by atoms with Crippen LogP contribution in [0.15, 0.2) is 21.7 Å². The topological polar surface area (TPSA) is 92.5 Å². The van der Waals surface area contributed by atoms with Gasteiger partial charge in [0, 0.05) is 32.1 Å². The smallest absolute Gasteiger partial charge is 0.354 e. The SMILES string of the molecule is Cn1nc2c(c1C(=O)O)CN(S(=O)(=O)c1cccs1)CC2. The predicted molar refractivity (Wildman–Crippen MR) is 75.8 cm³/mol. The zero-order valence-corrected chi connectivity index (χ0v) is 12.8. The molecule has 0 bridgehead atoms. The van der Waals surface area contributed by atoms with Crippen molar-refractivity contribution >= 4 is 27.3 Å². The second-order valence-electron chi connectivity index (χ2n) is 4.72. The molecule has 0 radical (unpaired) electrons. The van der Waals surface area contributed by atoms with Crippen molar-refractivity contribution < 1.29 is 18.3 Å². The van der Waals surface area contributed by atoms with E-state index in [-0.39, 0.29) is 16.4 Å². The minimum Gasteiger partial charge on any atom is -0.477 e. The fourth-order valence-electron chi connectivity index (χ4n) is 2.49. The summed E-state index contributed by atoms with van der Waals surface area (Å²) in [5.41, 5.74) is 1.19. The Kier molecular flexibility index (Phi) is 3.34. The van der Waals surface area contributed by atoms with Gasteiger partial charge >= 0.3 is 5.97 Å². The fraction of sp³-hybridized carbons (Fsp3) is 0.333. The molecule has 2 aromatic heterocycles. The summed E-state index contributed by atoms with van der Waals surface area (Å²) in [6.45, 7) is 0.356. The Morgan fingerprint density at radius 2 is 2.24 bits per heavy atom. The van der Waals surface area contributed by atoms with Crippen molar-refractivity contribution in [3.05, 3.63) is 34.5 Å². The average molecular weight is 327 g/mol. The van der Waals surface area contributed by atoms with E-state index >= 15 is 0 Å². The first kappa shape index (κ1) is 14.2. The van der Waals surface area contributed by atoms with Crippen LogP contribution in [0.5, 0.6) is 0 Å². The lowest BCUT2D eigenvalue weighted by Gasteiger charge is -2.25. The van der Waals surface area contributed by atoms with Crippen LogP contribution in [-0.4, -0.2) is 40.1 Å². The number of thiophene rings is 1. The van der Waals surface area contributed by atoms with Crippen LogP contribution in [0.2, 0.25) is 0 Å². The molecule has 112 valence electrons. The highest BCUT2D eigenvalue weighted by molar-refractivity contribution is 7.91. The molecule has 2 aromatic rings. The number of nitrogens with zero attached hydrogens (tertiary/aromatic N) is 3. The van der Waals surface area contributed by atoms with Crippen molar-refractivity contribution in [1.82, 2.24) is 14.1 Å². The quantitative estimate of drug-likeness (QED) is 0.905. The van der Waals surface area contributed by atoms with Gasteiger partial charge in [0.1, 0.15) is 4.21 Å². The molecule has 0 fully saturated rings. The summed E-state index contributed by atoms with van der Waals surface area (Å²) in [6.07, 6.45) is 0.418. The zero-order chi connectivity index (χ0) is 15.2. The third-order valence-corrected chi connectivity index (χ3v) is 6.67. The summed E-state index contributed by atoms with van der Waals surface area (Å²) in [5.74, 6) is -1.10. The molecule has 0 unspecified atom stereocenters. The van der Waals surface area contributed by atoms with Gasteiger partial charge in [-0.15, -0.1) is 11.3 Å². The fourth-order valence-corrected chi connectivity index (χ4v) is 5.04. The van der Waals surface area contributed by atoms with Crippen LogP contribution >= 0.6 is 11.3 Å². The van der Waals surface area contributed by atoms with Crippen molar-refractivity contribution in [2.45, 2.75) is 17.2 Å². The van der Waals surface area contributed by atoms with Gasteiger partial charge < -0.3 is 5.11 Å². The lowest BCUT2D eigenvalue weighted by Crippen LogP contribution is -2.36. The normalized spacial score (nSPS) is 15.9. The van der Waals surface area contributed by atoms with Gasteiger partial charge in [0.2, 0.25) is 0 Å². The molecule has 7 nitrogen and oxygen atoms in total. The van der Waals surface area contributed by atoms with E-state index in [1.165, 1.54) is 8.99 Å². The molecule has 0 spiro atoms. The van der Waals surface area contributed by atoms with Gasteiger partial charge in [-0.2, -0.15) is 9.40 Å². The van der Waals surface area contributed by atoms with Crippen LogP contribution in [0.3, 0.4) is 0 Å². The Hall–Kier alpha value is -1.71. The van der Waals surface area contributed by atoms with Crippen molar-refractivity contribution in [1.29, 1.82) is 0 Å². The Morgan fingerprint density at radius 1 is 1.48 bits per heavy atom. The third kappa shape index (κ3) is 2.27. The molecule has 0 saturated heterocycles. The highest BCUT2D eigenvalue weighted by Gasteiger charge is 2.33. The van der Waals surface area contributed by atoms with E-state index in [2.05, 4.69) is 5.10 Å². The number of rotatable bonds is 3. The van der Waals surface area contributed by atoms with Crippen molar-refractivity contribution in [2.24, 2.45) is 7.05 Å². The molecule has 0 aromatic carbocycles. The molecule has 1 N–H and O–H groups in total. The highest BCUT2D eigenvalue weighted by Crippen LogP contribution is 2.28. The monoisotopic (exact) mass is 327 g/mol. The minimum atomic E-state index is -3.57. The summed E-state index contributed by atoms with van der Waals surface area (Å²) < 4.78 is 27.9. The number of hydrogen-bond acceptors (Lipinski definition) is 5. The number of fused-ring (bicyclic) bond motifs is 1. The van der Waals surface area contributed by atoms with E-state index < -0.39 is 16.0 Å². The van der Waals surface area contributed by atoms with Crippen LogP contribution < -0.4 is 0 Å². The number of carbonyl (C=O) groups is 1. The largest absolute Gasteiger partial charge is 0.477 e. The van der Waals surface area contributed by atoms with Crippen LogP contribution in [0.25, 0.3) is 0 Å². The molecule has 1 aliphatic heterocycles. The van der Waals surface area contributed by atoms with Gasteiger partial charge in [-0.1, -0.05) is 6.07 Å². The second-order valence-corrected chi connectivity index (χ2v) is 7.84. The summed E-state index contributed by atoms with van der Waals surface area (Å²) in [7, 11) is -2.02. The minimum absolute atomic E-state index is 0.0467. The van der Waals surface area contributed by atoms with Gasteiger partial charge in [-0.3, -0.25) is 4.68 Å². The first-order valence-corrected chi connectivity index (χ1v) is 8.55. The third-order valence-electron chi connectivity index (χ3n) is 3.45. The summed E-state index contributed by atoms with van der Waals surface area (Å²) in [5, 5.41) is 15.1. The Balaban J connectivity index is 2.00. The molecular formula is C12H13N3O4S2. The predicted octanol–water partition coefficient (Wildman–Crippen LogP) is 0.927. The molecule has 0 saturated carbocycles. The Morgan fingerprint density at radius 3 is 2.86 bits per heavy atom. The molecule has 0 amide bonds. The maximum atomic E-state index is 12.5. The van der Waals surface area contributed by atoms with Crippen molar-refractivity contribution in [3.8, 4) is 0 Å². The number of hydrogen-bond donors (Lipinski definition) is 1. The lowest BCUT2D eigenvalue weighted by atomic mass is 10.1. The van der Waals surface area contributed by atoms with Gasteiger partial charge in [0.15, 0.2) is 5.69 Å². The van der Waals surface area contributed by atoms with Crippen LogP contribution in [0.1, 0.15) is 21.7 Å². The number of carboxylic acids is 1. The molecule has 21 heavy (non-hydrogen) atoms. The van der Waals surface area contributed by atoms with Gasteiger partial charge in [-0.05, 0) is 11.4 Å². The number of carboxylic acid groups (broad SMARTS) is 1. The number of sulfonamides is 1. The maximum Gasteiger partial charge on any atom is 0.354 e. The van der Waals surface area contributed by atoms with Crippen molar-refractivity contribution in [2.75, 3.05) is 6.54 Å². The molecule has 3 heterocycles. The first-order chi connectivity index (χ1) is 9.91. The van der Waals surface area contributed by atoms with Crippen LogP contribution in [0.4, 0.5) is 0 Å². The van der Waals surface area contributed by atoms with Crippen LogP contribution in [0, 0.1) is 0 Å². The molecule has 0 atom stereocenters. The second kappa shape index (κ2) is 4.93. The van der Waals surface area contributed by atoms with E-state index in [0.717, 1.165) is 11.3 Å². The standard InChI is InChI=1S/C12H13N3O4S2/c1-14-11(12(16)17)8-7-15(5-4-9(8)13-14)21(18,19)10-3-2-6-20-10/h2-3,6H,4-5,7H2,1H3,(H,16,17). The van der Waals surface area contributed by atoms with E-state index in [1.807, 2.05) is 0 Å². The maximum absolute atomic E-state index is 12.5. The molecule has 3 rings (SSSR count). The molecule has 9 heteroatoms. The van der Waals surface area contributed by atoms with E-state index in [0.29, 0.717) is 24.2 Å². The average Bonchev–Trinajstić information content (AvgIpc) is 3.04. The van der Waals surface area contributed by atoms with Gasteiger partial charge in [0.05, 0.1) is 5.69 Å². The molecule has 1 aliphatic rings. The molecular weight excluding hydrogens is 314 g/mol. The first-order valence-electron chi connectivity index (χ1n) is 6.23. The number of aromatic carboxylic acids is 1. The molecule has 0 aliphatic carbocycles. The summed E-state index contributed by atoms with van der Waals surface area (Å²) in [4.78, 5) is 11.3. The van der Waals surface area contributed by atoms with Crippen molar-refractivity contribution in [3.63, 3.8) is 0 Å².